The Kier molecular flexibility index (Phi) is 15.1. The third-order valence-corrected chi connectivity index (χ3v) is 6.27. The summed E-state index contributed by atoms with van der Waals surface area (Å²) in [5.41, 5.74) is 12.1. The maximum Gasteiger partial charge on any atom is 0.326 e. The van der Waals surface area contributed by atoms with Crippen molar-refractivity contribution in [2.24, 2.45) is 11.5 Å². The summed E-state index contributed by atoms with van der Waals surface area (Å²) in [6.07, 6.45) is 4.18. The van der Waals surface area contributed by atoms with Crippen LogP contribution >= 0.6 is 24.4 Å². The summed E-state index contributed by atoms with van der Waals surface area (Å²) in [5.74, 6) is -2.35. The van der Waals surface area contributed by atoms with Crippen molar-refractivity contribution in [2.45, 2.75) is 56.3 Å². The number of amides is 3. The molecule has 0 spiro atoms. The van der Waals surface area contributed by atoms with Crippen LogP contribution in [0.1, 0.15) is 31.2 Å². The number of nitrogens with one attached hydrogen (secondary N) is 3. The molecule has 0 aliphatic carbocycles. The first-order valence-electron chi connectivity index (χ1n) is 11.5. The van der Waals surface area contributed by atoms with Crippen LogP contribution in [0.25, 0.3) is 0 Å². The zero-order chi connectivity index (χ0) is 26.2. The minimum absolute atomic E-state index is 0.0585. The van der Waals surface area contributed by atoms with Gasteiger partial charge >= 0.3 is 5.97 Å². The van der Waals surface area contributed by atoms with Crippen LogP contribution in [0.2, 0.25) is 0 Å². The summed E-state index contributed by atoms with van der Waals surface area (Å²) in [7, 11) is 0. The number of carbonyl (C=O) groups is 4. The first-order valence-corrected chi connectivity index (χ1v) is 13.5. The Hall–Kier alpha value is -2.28. The Labute approximate surface area is 216 Å². The van der Waals surface area contributed by atoms with Crippen molar-refractivity contribution in [2.75, 3.05) is 24.3 Å². The lowest BCUT2D eigenvalue weighted by atomic mass is 10.1. The van der Waals surface area contributed by atoms with E-state index in [1.54, 1.807) is 24.3 Å². The number of hydrogen-bond acceptors (Lipinski definition) is 8. The second kappa shape index (κ2) is 17.2. The number of unbranched alkanes of at least 4 members (excludes halogenated alkanes) is 1. The van der Waals surface area contributed by atoms with Gasteiger partial charge in [0.15, 0.2) is 0 Å². The molecular weight excluding hydrogens is 490 g/mol. The first-order chi connectivity index (χ1) is 16.7. The summed E-state index contributed by atoms with van der Waals surface area (Å²) < 4.78 is 0. The van der Waals surface area contributed by atoms with Crippen molar-refractivity contribution >= 4 is 48.1 Å². The molecule has 0 heterocycles. The summed E-state index contributed by atoms with van der Waals surface area (Å²) >= 11 is 5.65. The molecule has 0 saturated carbocycles. The third-order valence-electron chi connectivity index (χ3n) is 5.26. The van der Waals surface area contributed by atoms with Crippen molar-refractivity contribution in [3.63, 3.8) is 0 Å². The van der Waals surface area contributed by atoms with Gasteiger partial charge in [0, 0.05) is 12.2 Å². The minimum Gasteiger partial charge on any atom is -0.480 e. The highest BCUT2D eigenvalue weighted by molar-refractivity contribution is 7.98. The maximum atomic E-state index is 12.9. The fourth-order valence-electron chi connectivity index (χ4n) is 3.21. The molecule has 0 aromatic heterocycles. The Morgan fingerprint density at radius 1 is 0.943 bits per heavy atom. The van der Waals surface area contributed by atoms with E-state index in [9.17, 15) is 24.3 Å². The van der Waals surface area contributed by atoms with Crippen molar-refractivity contribution in [1.82, 2.24) is 16.0 Å². The SMILES string of the molecule is CSCCC(NC(=O)C(N)CCCCN)C(=O)NC(CS)C(=O)NC(Cc1ccccc1)C(=O)O. The van der Waals surface area contributed by atoms with Gasteiger partial charge in [0.25, 0.3) is 0 Å². The Morgan fingerprint density at radius 2 is 1.54 bits per heavy atom. The maximum absolute atomic E-state index is 12.9. The molecule has 1 aromatic carbocycles. The number of carboxylic acid groups (broad SMARTS) is 1. The normalized spacial score (nSPS) is 14.3. The number of carbonyl (C=O) groups excluding carboxylic acids is 3. The molecule has 0 saturated heterocycles. The van der Waals surface area contributed by atoms with Gasteiger partial charge < -0.3 is 32.5 Å². The average molecular weight is 528 g/mol. The Balaban J connectivity index is 2.80. The Morgan fingerprint density at radius 3 is 2.11 bits per heavy atom. The van der Waals surface area contributed by atoms with Crippen molar-refractivity contribution < 1.29 is 24.3 Å². The van der Waals surface area contributed by atoms with Gasteiger partial charge in [-0.1, -0.05) is 36.8 Å². The summed E-state index contributed by atoms with van der Waals surface area (Å²) in [5, 5.41) is 17.3. The molecule has 10 nitrogen and oxygen atoms in total. The standard InChI is InChI=1S/C23H37N5O5S2/c1-35-12-10-17(26-20(29)16(25)9-5-6-11-24)21(30)28-19(14-34)22(31)27-18(23(32)33)13-15-7-3-2-4-8-15/h2-4,7-8,16-19,34H,5-6,9-14,24-25H2,1H3,(H,26,29)(H,27,31)(H,28,30)(H,32,33). The van der Waals surface area contributed by atoms with E-state index in [1.165, 1.54) is 11.8 Å². The second-order valence-electron chi connectivity index (χ2n) is 8.07. The van der Waals surface area contributed by atoms with Crippen LogP contribution in [0.15, 0.2) is 30.3 Å². The molecule has 1 aromatic rings. The topological polar surface area (TPSA) is 177 Å². The third kappa shape index (κ3) is 11.8. The lowest BCUT2D eigenvalue weighted by Crippen LogP contribution is -2.58. The second-order valence-corrected chi connectivity index (χ2v) is 9.42. The van der Waals surface area contributed by atoms with E-state index in [0.717, 1.165) is 12.0 Å². The van der Waals surface area contributed by atoms with Gasteiger partial charge in [-0.3, -0.25) is 14.4 Å². The fourth-order valence-corrected chi connectivity index (χ4v) is 3.94. The zero-order valence-corrected chi connectivity index (χ0v) is 21.7. The predicted octanol–water partition coefficient (Wildman–Crippen LogP) is -0.0927. The van der Waals surface area contributed by atoms with E-state index in [1.807, 2.05) is 12.3 Å². The molecule has 8 N–H and O–H groups in total. The molecular formula is C23H37N5O5S2. The van der Waals surface area contributed by atoms with Gasteiger partial charge in [-0.15, -0.1) is 0 Å². The van der Waals surface area contributed by atoms with Crippen molar-refractivity contribution in [3.05, 3.63) is 35.9 Å². The molecule has 4 unspecified atom stereocenters. The van der Waals surface area contributed by atoms with Gasteiger partial charge in [-0.25, -0.2) is 4.79 Å². The number of aliphatic carboxylic acids is 1. The summed E-state index contributed by atoms with van der Waals surface area (Å²) in [4.78, 5) is 49.9. The highest BCUT2D eigenvalue weighted by Gasteiger charge is 2.29. The quantitative estimate of drug-likeness (QED) is 0.109. The lowest BCUT2D eigenvalue weighted by Gasteiger charge is -2.24. The van der Waals surface area contributed by atoms with Crippen LogP contribution in [-0.2, 0) is 25.6 Å². The highest BCUT2D eigenvalue weighted by Crippen LogP contribution is 2.06. The monoisotopic (exact) mass is 527 g/mol. The largest absolute Gasteiger partial charge is 0.480 e. The van der Waals surface area contributed by atoms with E-state index in [0.29, 0.717) is 31.6 Å². The lowest BCUT2D eigenvalue weighted by molar-refractivity contribution is -0.142. The van der Waals surface area contributed by atoms with Gasteiger partial charge in [0.05, 0.1) is 6.04 Å². The van der Waals surface area contributed by atoms with Crippen molar-refractivity contribution in [3.8, 4) is 0 Å². The van der Waals surface area contributed by atoms with E-state index in [-0.39, 0.29) is 12.2 Å². The number of carboxylic acids is 1. The molecule has 0 fully saturated rings. The van der Waals surface area contributed by atoms with Gasteiger partial charge in [0.2, 0.25) is 17.7 Å². The number of nitrogens with two attached hydrogens (primary N) is 2. The molecule has 35 heavy (non-hydrogen) atoms. The van der Waals surface area contributed by atoms with E-state index >= 15 is 0 Å². The zero-order valence-electron chi connectivity index (χ0n) is 19.9. The number of rotatable bonds is 17. The number of thiol groups is 1. The van der Waals surface area contributed by atoms with Crippen LogP contribution in [0.5, 0.6) is 0 Å². The van der Waals surface area contributed by atoms with Gasteiger partial charge in [-0.05, 0) is 43.4 Å². The van der Waals surface area contributed by atoms with E-state index in [2.05, 4.69) is 28.6 Å². The number of thioether (sulfide) groups is 1. The number of hydrogen-bond donors (Lipinski definition) is 7. The van der Waals surface area contributed by atoms with Crippen LogP contribution in [0, 0.1) is 0 Å². The van der Waals surface area contributed by atoms with E-state index in [4.69, 9.17) is 11.5 Å². The van der Waals surface area contributed by atoms with Gasteiger partial charge in [-0.2, -0.15) is 24.4 Å². The van der Waals surface area contributed by atoms with Crippen LogP contribution in [-0.4, -0.2) is 77.3 Å². The molecule has 1 rings (SSSR count). The fraction of sp³-hybridized carbons (Fsp3) is 0.565. The molecule has 196 valence electrons. The van der Waals surface area contributed by atoms with E-state index < -0.39 is 47.9 Å². The summed E-state index contributed by atoms with van der Waals surface area (Å²) in [6.45, 7) is 0.508. The highest BCUT2D eigenvalue weighted by atomic mass is 32.2. The molecule has 0 aliphatic rings. The average Bonchev–Trinajstić information content (AvgIpc) is 2.84. The van der Waals surface area contributed by atoms with Crippen LogP contribution < -0.4 is 27.4 Å². The molecule has 0 bridgehead atoms. The molecule has 12 heteroatoms. The van der Waals surface area contributed by atoms with Crippen LogP contribution in [0.4, 0.5) is 0 Å². The first kappa shape index (κ1) is 30.8. The number of benzene rings is 1. The predicted molar refractivity (Wildman–Crippen MR) is 141 cm³/mol. The minimum atomic E-state index is -1.19. The molecule has 4 atom stereocenters. The molecule has 0 aliphatic heterocycles. The van der Waals surface area contributed by atoms with Crippen LogP contribution in [0.3, 0.4) is 0 Å². The van der Waals surface area contributed by atoms with Gasteiger partial charge in [0.1, 0.15) is 18.1 Å². The summed E-state index contributed by atoms with van der Waals surface area (Å²) in [6, 6.07) is 4.95. The van der Waals surface area contributed by atoms with Crippen molar-refractivity contribution in [1.29, 1.82) is 0 Å². The smallest absolute Gasteiger partial charge is 0.326 e. The molecule has 3 amide bonds. The Bertz CT molecular complexity index is 815. The molecule has 0 radical (unpaired) electrons.